The fourth-order valence-corrected chi connectivity index (χ4v) is 1.39. The van der Waals surface area contributed by atoms with E-state index in [1.165, 1.54) is 11.3 Å². The van der Waals surface area contributed by atoms with Crippen LogP contribution < -0.4 is 0 Å². The number of aromatic nitrogens is 1. The van der Waals surface area contributed by atoms with Gasteiger partial charge in [0, 0.05) is 13.1 Å². The van der Waals surface area contributed by atoms with E-state index in [1.807, 2.05) is 6.92 Å². The summed E-state index contributed by atoms with van der Waals surface area (Å²) >= 11 is 1.48. The highest BCUT2D eigenvalue weighted by Gasteiger charge is 2.02. The number of Topliss-reactive ketones (excluding diaryl/α,β-unsaturated/α-hetero) is 1. The Kier molecular flexibility index (Phi) is 2.17. The summed E-state index contributed by atoms with van der Waals surface area (Å²) < 4.78 is 0. The highest BCUT2D eigenvalue weighted by atomic mass is 32.1. The minimum atomic E-state index is 0.109. The Balaban J connectivity index is 2.88. The molecule has 0 aromatic carbocycles. The Morgan fingerprint density at radius 3 is 2.80 bits per heavy atom. The van der Waals surface area contributed by atoms with Crippen LogP contribution in [0.5, 0.6) is 0 Å². The zero-order valence-corrected chi connectivity index (χ0v) is 6.86. The molecule has 1 aromatic rings. The van der Waals surface area contributed by atoms with Gasteiger partial charge in [-0.3, -0.25) is 4.79 Å². The van der Waals surface area contributed by atoms with Crippen molar-refractivity contribution in [1.82, 2.24) is 4.98 Å². The van der Waals surface area contributed by atoms with E-state index < -0.39 is 0 Å². The third-order valence-electron chi connectivity index (χ3n) is 1.20. The molecular formula is C7H9NOS. The van der Waals surface area contributed by atoms with E-state index in [9.17, 15) is 4.79 Å². The molecule has 0 aliphatic rings. The minimum absolute atomic E-state index is 0.109. The molecule has 0 saturated carbocycles. The van der Waals surface area contributed by atoms with Gasteiger partial charge in [-0.15, -0.1) is 11.3 Å². The van der Waals surface area contributed by atoms with Crippen LogP contribution in [0, 0.1) is 0 Å². The highest BCUT2D eigenvalue weighted by molar-refractivity contribution is 7.13. The molecule has 0 atom stereocenters. The van der Waals surface area contributed by atoms with Crippen LogP contribution in [0.4, 0.5) is 0 Å². The average Bonchev–Trinajstić information content (AvgIpc) is 2.34. The monoisotopic (exact) mass is 155 g/mol. The fraction of sp³-hybridized carbons (Fsp3) is 0.429. The van der Waals surface area contributed by atoms with Gasteiger partial charge >= 0.3 is 0 Å². The van der Waals surface area contributed by atoms with Crippen LogP contribution in [-0.2, 0) is 6.42 Å². The topological polar surface area (TPSA) is 30.0 Å². The summed E-state index contributed by atoms with van der Waals surface area (Å²) in [5, 5.41) is 1.03. The van der Waals surface area contributed by atoms with Gasteiger partial charge in [-0.05, 0) is 6.42 Å². The number of hydrogen-bond acceptors (Lipinski definition) is 3. The van der Waals surface area contributed by atoms with E-state index in [0.717, 1.165) is 16.3 Å². The number of nitrogens with zero attached hydrogens (tertiary/aromatic N) is 1. The Bertz CT molecular complexity index is 242. The first-order chi connectivity index (χ1) is 4.74. The Morgan fingerprint density at radius 2 is 2.50 bits per heavy atom. The van der Waals surface area contributed by atoms with E-state index in [0.29, 0.717) is 0 Å². The van der Waals surface area contributed by atoms with Crippen molar-refractivity contribution in [2.45, 2.75) is 20.3 Å². The predicted octanol–water partition coefficient (Wildman–Crippen LogP) is 1.91. The highest BCUT2D eigenvalue weighted by Crippen LogP contribution is 2.13. The minimum Gasteiger partial charge on any atom is -0.294 e. The second-order valence-corrected chi connectivity index (χ2v) is 3.14. The quantitative estimate of drug-likeness (QED) is 0.610. The molecule has 0 spiro atoms. The van der Waals surface area contributed by atoms with Crippen molar-refractivity contribution < 1.29 is 4.79 Å². The predicted molar refractivity (Wildman–Crippen MR) is 41.5 cm³/mol. The van der Waals surface area contributed by atoms with Gasteiger partial charge in [-0.25, -0.2) is 4.98 Å². The third kappa shape index (κ3) is 1.42. The van der Waals surface area contributed by atoms with Crippen LogP contribution >= 0.6 is 11.3 Å². The number of carbonyl (C=O) groups is 1. The lowest BCUT2D eigenvalue weighted by Crippen LogP contribution is -1.83. The van der Waals surface area contributed by atoms with E-state index in [-0.39, 0.29) is 5.78 Å². The standard InChI is InChI=1S/C7H9NOS/c1-3-7-8-4-6(10-7)5(2)9/h4H,3H2,1-2H3. The molecule has 0 N–H and O–H groups in total. The summed E-state index contributed by atoms with van der Waals surface area (Å²) in [5.74, 6) is 0.109. The van der Waals surface area contributed by atoms with Gasteiger partial charge < -0.3 is 0 Å². The van der Waals surface area contributed by atoms with Crippen LogP contribution in [0.15, 0.2) is 6.20 Å². The maximum Gasteiger partial charge on any atom is 0.171 e. The summed E-state index contributed by atoms with van der Waals surface area (Å²) in [6, 6.07) is 0. The van der Waals surface area contributed by atoms with Gasteiger partial charge in [0.05, 0.1) is 9.88 Å². The molecule has 0 bridgehead atoms. The molecule has 1 aromatic heterocycles. The molecule has 3 heteroatoms. The van der Waals surface area contributed by atoms with Gasteiger partial charge in [-0.1, -0.05) is 6.92 Å². The largest absolute Gasteiger partial charge is 0.294 e. The number of carbonyl (C=O) groups excluding carboxylic acids is 1. The van der Waals surface area contributed by atoms with E-state index >= 15 is 0 Å². The second-order valence-electron chi connectivity index (χ2n) is 2.03. The number of rotatable bonds is 2. The molecule has 10 heavy (non-hydrogen) atoms. The number of thiazole rings is 1. The lowest BCUT2D eigenvalue weighted by atomic mass is 10.4. The number of aryl methyl sites for hydroxylation is 1. The van der Waals surface area contributed by atoms with Crippen molar-refractivity contribution in [2.75, 3.05) is 0 Å². The first-order valence-corrected chi connectivity index (χ1v) is 4.01. The van der Waals surface area contributed by atoms with Crippen molar-refractivity contribution in [1.29, 1.82) is 0 Å². The van der Waals surface area contributed by atoms with Crippen LogP contribution in [0.2, 0.25) is 0 Å². The van der Waals surface area contributed by atoms with Crippen molar-refractivity contribution in [3.05, 3.63) is 16.1 Å². The Morgan fingerprint density at radius 1 is 1.80 bits per heavy atom. The van der Waals surface area contributed by atoms with Gasteiger partial charge in [0.2, 0.25) is 0 Å². The Labute approximate surface area is 63.9 Å². The Hall–Kier alpha value is -0.700. The lowest BCUT2D eigenvalue weighted by Gasteiger charge is -1.81. The second kappa shape index (κ2) is 2.92. The summed E-state index contributed by atoms with van der Waals surface area (Å²) in [4.78, 5) is 15.6. The SMILES string of the molecule is CCc1ncc(C(C)=O)s1. The average molecular weight is 155 g/mol. The van der Waals surface area contributed by atoms with Gasteiger partial charge in [0.1, 0.15) is 0 Å². The van der Waals surface area contributed by atoms with E-state index in [4.69, 9.17) is 0 Å². The zero-order valence-electron chi connectivity index (χ0n) is 6.05. The first kappa shape index (κ1) is 7.41. The van der Waals surface area contributed by atoms with Crippen molar-refractivity contribution >= 4 is 17.1 Å². The maximum absolute atomic E-state index is 10.7. The molecule has 0 fully saturated rings. The zero-order chi connectivity index (χ0) is 7.56. The number of ketones is 1. The molecule has 0 unspecified atom stereocenters. The summed E-state index contributed by atoms with van der Waals surface area (Å²) in [6.45, 7) is 3.59. The molecule has 0 aliphatic heterocycles. The van der Waals surface area contributed by atoms with Crippen LogP contribution in [0.25, 0.3) is 0 Å². The summed E-state index contributed by atoms with van der Waals surface area (Å²) in [5.41, 5.74) is 0. The van der Waals surface area contributed by atoms with E-state index in [2.05, 4.69) is 4.98 Å². The third-order valence-corrected chi connectivity index (χ3v) is 2.45. The molecule has 0 radical (unpaired) electrons. The van der Waals surface area contributed by atoms with Crippen LogP contribution in [-0.4, -0.2) is 10.8 Å². The van der Waals surface area contributed by atoms with Crippen molar-refractivity contribution in [3.63, 3.8) is 0 Å². The lowest BCUT2D eigenvalue weighted by molar-refractivity contribution is 0.102. The van der Waals surface area contributed by atoms with E-state index in [1.54, 1.807) is 13.1 Å². The normalized spacial score (nSPS) is 9.80. The summed E-state index contributed by atoms with van der Waals surface area (Å²) in [6.07, 6.45) is 2.56. The molecule has 2 nitrogen and oxygen atoms in total. The van der Waals surface area contributed by atoms with Crippen molar-refractivity contribution in [2.24, 2.45) is 0 Å². The molecule has 1 heterocycles. The molecule has 0 aliphatic carbocycles. The number of hydrogen-bond donors (Lipinski definition) is 0. The smallest absolute Gasteiger partial charge is 0.171 e. The van der Waals surface area contributed by atoms with Gasteiger partial charge in [0.15, 0.2) is 5.78 Å². The van der Waals surface area contributed by atoms with Crippen LogP contribution in [0.1, 0.15) is 28.5 Å². The fourth-order valence-electron chi connectivity index (χ4n) is 0.636. The molecule has 54 valence electrons. The van der Waals surface area contributed by atoms with Gasteiger partial charge in [-0.2, -0.15) is 0 Å². The first-order valence-electron chi connectivity index (χ1n) is 3.19. The summed E-state index contributed by atoms with van der Waals surface area (Å²) in [7, 11) is 0. The maximum atomic E-state index is 10.7. The van der Waals surface area contributed by atoms with Crippen LogP contribution in [0.3, 0.4) is 0 Å². The molecular weight excluding hydrogens is 146 g/mol. The molecule has 0 amide bonds. The van der Waals surface area contributed by atoms with Crippen molar-refractivity contribution in [3.8, 4) is 0 Å². The van der Waals surface area contributed by atoms with Gasteiger partial charge in [0.25, 0.3) is 0 Å². The molecule has 1 rings (SSSR count). The molecule has 0 saturated heterocycles.